The van der Waals surface area contributed by atoms with Gasteiger partial charge >= 0.3 is 0 Å². The molecule has 0 atom stereocenters. The fourth-order valence-corrected chi connectivity index (χ4v) is 2.81. The minimum atomic E-state index is -1.05. The van der Waals surface area contributed by atoms with Crippen LogP contribution in [0.4, 0.5) is 8.78 Å². The van der Waals surface area contributed by atoms with Crippen LogP contribution in [0.1, 0.15) is 12.6 Å². The fourth-order valence-electron chi connectivity index (χ4n) is 2.81. The molecule has 0 aliphatic carbocycles. The second-order valence-corrected chi connectivity index (χ2v) is 5.39. The van der Waals surface area contributed by atoms with E-state index in [1.165, 1.54) is 4.68 Å². The number of hydrogen-bond donors (Lipinski definition) is 1. The van der Waals surface area contributed by atoms with Gasteiger partial charge < -0.3 is 4.98 Å². The zero-order valence-corrected chi connectivity index (χ0v) is 12.7. The Kier molecular flexibility index (Phi) is 3.16. The van der Waals surface area contributed by atoms with Crippen LogP contribution in [0.25, 0.3) is 27.8 Å². The SMILES string of the molecule is CCc1nn(-c2ccccn2)c2[nH]c3cc(F)c(F)cc3c(=O)c12. The second-order valence-electron chi connectivity index (χ2n) is 5.39. The van der Waals surface area contributed by atoms with Crippen LogP contribution in [0.5, 0.6) is 0 Å². The number of benzene rings is 1. The average Bonchev–Trinajstić information content (AvgIpc) is 2.96. The summed E-state index contributed by atoms with van der Waals surface area (Å²) < 4.78 is 28.6. The summed E-state index contributed by atoms with van der Waals surface area (Å²) in [7, 11) is 0. The van der Waals surface area contributed by atoms with Gasteiger partial charge in [0.2, 0.25) is 5.43 Å². The van der Waals surface area contributed by atoms with Crippen molar-refractivity contribution in [3.05, 3.63) is 64.1 Å². The summed E-state index contributed by atoms with van der Waals surface area (Å²) in [6.45, 7) is 1.87. The van der Waals surface area contributed by atoms with Crippen LogP contribution >= 0.6 is 0 Å². The van der Waals surface area contributed by atoms with E-state index in [2.05, 4.69) is 15.1 Å². The molecule has 0 amide bonds. The molecule has 4 rings (SSSR count). The van der Waals surface area contributed by atoms with E-state index in [0.717, 1.165) is 12.1 Å². The smallest absolute Gasteiger partial charge is 0.200 e. The average molecular weight is 326 g/mol. The normalized spacial score (nSPS) is 11.5. The molecular weight excluding hydrogens is 314 g/mol. The highest BCUT2D eigenvalue weighted by Crippen LogP contribution is 2.22. The standard InChI is InChI=1S/C17H12F2N4O/c1-2-12-15-16(24)9-7-10(18)11(19)8-13(9)21-17(15)23(22-12)14-5-3-4-6-20-14/h3-8H,2H2,1H3,(H,21,24). The molecule has 0 bridgehead atoms. The van der Waals surface area contributed by atoms with Crippen molar-refractivity contribution in [3.8, 4) is 5.82 Å². The third-order valence-electron chi connectivity index (χ3n) is 3.94. The van der Waals surface area contributed by atoms with Crippen molar-refractivity contribution in [2.45, 2.75) is 13.3 Å². The number of halogens is 2. The molecule has 24 heavy (non-hydrogen) atoms. The largest absolute Gasteiger partial charge is 0.339 e. The van der Waals surface area contributed by atoms with E-state index in [9.17, 15) is 13.6 Å². The van der Waals surface area contributed by atoms with E-state index in [0.29, 0.717) is 29.0 Å². The lowest BCUT2D eigenvalue weighted by Gasteiger charge is -2.04. The summed E-state index contributed by atoms with van der Waals surface area (Å²) in [4.78, 5) is 20.0. The van der Waals surface area contributed by atoms with Gasteiger partial charge in [-0.15, -0.1) is 0 Å². The number of aromatic nitrogens is 4. The molecule has 0 saturated heterocycles. The summed E-state index contributed by atoms with van der Waals surface area (Å²) in [5.74, 6) is -1.54. The molecular formula is C17H12F2N4O. The number of aromatic amines is 1. The van der Waals surface area contributed by atoms with Crippen LogP contribution in [0.2, 0.25) is 0 Å². The Bertz CT molecular complexity index is 1130. The van der Waals surface area contributed by atoms with Gasteiger partial charge in [0, 0.05) is 17.6 Å². The summed E-state index contributed by atoms with van der Waals surface area (Å²) in [6.07, 6.45) is 2.14. The fraction of sp³-hybridized carbons (Fsp3) is 0.118. The lowest BCUT2D eigenvalue weighted by atomic mass is 10.1. The van der Waals surface area contributed by atoms with Crippen LogP contribution in [-0.4, -0.2) is 19.7 Å². The van der Waals surface area contributed by atoms with E-state index < -0.39 is 11.6 Å². The molecule has 0 fully saturated rings. The molecule has 1 aromatic carbocycles. The predicted molar refractivity (Wildman–Crippen MR) is 86.3 cm³/mol. The topological polar surface area (TPSA) is 63.6 Å². The number of H-pyrrole nitrogens is 1. The van der Waals surface area contributed by atoms with Gasteiger partial charge in [-0.1, -0.05) is 13.0 Å². The Balaban J connectivity index is 2.18. The van der Waals surface area contributed by atoms with Gasteiger partial charge in [0.1, 0.15) is 5.65 Å². The number of aryl methyl sites for hydroxylation is 1. The zero-order valence-electron chi connectivity index (χ0n) is 12.7. The van der Waals surface area contributed by atoms with Crippen molar-refractivity contribution < 1.29 is 8.78 Å². The number of nitrogens with one attached hydrogen (secondary N) is 1. The third kappa shape index (κ3) is 2.01. The molecule has 0 radical (unpaired) electrons. The monoisotopic (exact) mass is 326 g/mol. The minimum Gasteiger partial charge on any atom is -0.339 e. The molecule has 7 heteroatoms. The first kappa shape index (κ1) is 14.5. The van der Waals surface area contributed by atoms with Crippen molar-refractivity contribution in [3.63, 3.8) is 0 Å². The Morgan fingerprint density at radius 3 is 2.71 bits per heavy atom. The lowest BCUT2D eigenvalue weighted by Crippen LogP contribution is -2.07. The number of rotatable bonds is 2. The highest BCUT2D eigenvalue weighted by Gasteiger charge is 2.18. The zero-order chi connectivity index (χ0) is 16.8. The van der Waals surface area contributed by atoms with Gasteiger partial charge in [-0.3, -0.25) is 4.79 Å². The van der Waals surface area contributed by atoms with Gasteiger partial charge in [0.15, 0.2) is 17.5 Å². The molecule has 120 valence electrons. The van der Waals surface area contributed by atoms with Crippen molar-refractivity contribution in [2.24, 2.45) is 0 Å². The summed E-state index contributed by atoms with van der Waals surface area (Å²) in [5.41, 5.74) is 0.820. The highest BCUT2D eigenvalue weighted by atomic mass is 19.2. The maximum atomic E-state index is 13.5. The first-order chi connectivity index (χ1) is 11.6. The van der Waals surface area contributed by atoms with E-state index in [-0.39, 0.29) is 16.3 Å². The molecule has 5 nitrogen and oxygen atoms in total. The summed E-state index contributed by atoms with van der Waals surface area (Å²) in [5, 5.41) is 4.90. The van der Waals surface area contributed by atoms with E-state index in [1.54, 1.807) is 24.4 Å². The third-order valence-corrected chi connectivity index (χ3v) is 3.94. The number of fused-ring (bicyclic) bond motifs is 2. The quantitative estimate of drug-likeness (QED) is 0.616. The number of hydrogen-bond acceptors (Lipinski definition) is 3. The van der Waals surface area contributed by atoms with E-state index in [1.807, 2.05) is 6.92 Å². The van der Waals surface area contributed by atoms with Crippen molar-refractivity contribution in [1.82, 2.24) is 19.7 Å². The number of pyridine rings is 2. The Morgan fingerprint density at radius 1 is 1.21 bits per heavy atom. The Labute approximate surface area is 134 Å². The minimum absolute atomic E-state index is 0.0941. The van der Waals surface area contributed by atoms with Crippen LogP contribution in [0.15, 0.2) is 41.3 Å². The molecule has 3 heterocycles. The van der Waals surface area contributed by atoms with Gasteiger partial charge in [-0.25, -0.2) is 13.8 Å². The van der Waals surface area contributed by atoms with Gasteiger partial charge in [-0.05, 0) is 24.6 Å². The first-order valence-electron chi connectivity index (χ1n) is 7.44. The maximum absolute atomic E-state index is 13.5. The van der Waals surface area contributed by atoms with Crippen LogP contribution in [0.3, 0.4) is 0 Å². The maximum Gasteiger partial charge on any atom is 0.200 e. The predicted octanol–water partition coefficient (Wildman–Crippen LogP) is 3.10. The molecule has 0 unspecified atom stereocenters. The van der Waals surface area contributed by atoms with Crippen molar-refractivity contribution >= 4 is 21.9 Å². The molecule has 1 N–H and O–H groups in total. The summed E-state index contributed by atoms with van der Waals surface area (Å²) >= 11 is 0. The van der Waals surface area contributed by atoms with E-state index >= 15 is 0 Å². The molecule has 4 aromatic rings. The Morgan fingerprint density at radius 2 is 2.00 bits per heavy atom. The van der Waals surface area contributed by atoms with Crippen molar-refractivity contribution in [2.75, 3.05) is 0 Å². The van der Waals surface area contributed by atoms with Crippen LogP contribution in [0, 0.1) is 11.6 Å². The number of nitrogens with zero attached hydrogens (tertiary/aromatic N) is 3. The van der Waals surface area contributed by atoms with Gasteiger partial charge in [0.05, 0.1) is 16.6 Å². The second kappa shape index (κ2) is 5.23. The van der Waals surface area contributed by atoms with Crippen LogP contribution < -0.4 is 5.43 Å². The molecule has 0 spiro atoms. The molecule has 3 aromatic heterocycles. The first-order valence-corrected chi connectivity index (χ1v) is 7.44. The summed E-state index contributed by atoms with van der Waals surface area (Å²) in [6, 6.07) is 7.22. The molecule has 0 aliphatic rings. The molecule has 0 aliphatic heterocycles. The van der Waals surface area contributed by atoms with Gasteiger partial charge in [-0.2, -0.15) is 9.78 Å². The highest BCUT2D eigenvalue weighted by molar-refractivity contribution is 5.93. The Hall–Kier alpha value is -3.09. The van der Waals surface area contributed by atoms with Gasteiger partial charge in [0.25, 0.3) is 0 Å². The van der Waals surface area contributed by atoms with Crippen molar-refractivity contribution in [1.29, 1.82) is 0 Å². The van der Waals surface area contributed by atoms with E-state index in [4.69, 9.17) is 0 Å². The lowest BCUT2D eigenvalue weighted by molar-refractivity contribution is 0.510. The molecule has 0 saturated carbocycles. The van der Waals surface area contributed by atoms with Crippen LogP contribution in [-0.2, 0) is 6.42 Å².